The number of hydrogen-bond donors (Lipinski definition) is 5. The molecule has 3 aromatic heterocycles. The predicted octanol–water partition coefficient (Wildman–Crippen LogP) is 10.5. The minimum Gasteiger partial charge on any atom is -0.391 e. The first kappa shape index (κ1) is 82.2. The van der Waals surface area contributed by atoms with Gasteiger partial charge in [0.2, 0.25) is 23.6 Å². The van der Waals surface area contributed by atoms with Gasteiger partial charge in [0, 0.05) is 80.7 Å². The topological polar surface area (TPSA) is 318 Å². The van der Waals surface area contributed by atoms with Crippen LogP contribution in [0.2, 0.25) is 0 Å². The Kier molecular flexibility index (Phi) is 25.1. The average Bonchev–Trinajstić information content (AvgIpc) is 1.65. The number of amides is 7. The Morgan fingerprint density at radius 1 is 0.530 bits per heavy atom. The third-order valence-corrected chi connectivity index (χ3v) is 24.7. The number of hydrogen-bond acceptors (Lipinski definition) is 19. The number of ketones is 2. The van der Waals surface area contributed by atoms with Crippen LogP contribution in [0.15, 0.2) is 174 Å². The molecule has 6 aliphatic heterocycles. The van der Waals surface area contributed by atoms with Crippen LogP contribution < -0.4 is 5.32 Å². The number of Topliss-reactive ketones (excluding diaryl/α,β-unsaturated/α-hetero) is 2. The number of aryl methyl sites for hydroxylation is 4. The summed E-state index contributed by atoms with van der Waals surface area (Å²) in [7, 11) is 0. The molecule has 0 aliphatic carbocycles. The number of thiazole rings is 2. The van der Waals surface area contributed by atoms with Crippen LogP contribution in [0.3, 0.4) is 0 Å². The highest BCUT2D eigenvalue weighted by Gasteiger charge is 2.52. The number of benzene rings is 6. The SMILES string of the molecule is CC(C)[C@@H](C(=O)N1C[C@H](O)C[C@H]1C(=O)NCc1ccc(-c2cnoc2)cc1)N1Cc2ccccc2C1=O.Cc1ncsc1-c1ccc(CCC(=O)[C@@H]2C[C@@](C)(O)CN2C(=O)[C@H](C(C)C)N2Cc3ccccc3C2=O)cc1.Cc1ncsc1-c1ccc(CCC(=O)[C@@H]2[C@@H](O)[C@@H](O)CN2C(=O)[C@H](C(C)C)N2Cc3ccccc3C2=O)cc1. The number of aliphatic hydroxyl groups excluding tert-OH is 3. The molecule has 0 unspecified atom stereocenters. The maximum atomic E-state index is 14.0. The van der Waals surface area contributed by atoms with Crippen LogP contribution in [-0.2, 0) is 67.8 Å². The zero-order valence-corrected chi connectivity index (χ0v) is 67.6. The summed E-state index contributed by atoms with van der Waals surface area (Å²) in [6, 6.07) is 40.8. The van der Waals surface area contributed by atoms with Crippen molar-refractivity contribution >= 4 is 75.6 Å². The molecule has 0 radical (unpaired) electrons. The van der Waals surface area contributed by atoms with E-state index in [1.54, 1.807) is 81.0 Å². The maximum absolute atomic E-state index is 14.0. The standard InChI is InChI=1S/C31H35N3O4S.C30H33N3O5S.C28H30N4O5/c1-19(2)27(33-16-23-7-5-6-8-24(23)29(33)36)30(37)34-17-31(4,38)15-25(34)26(35)14-11-21-9-12-22(13-10-21)28-20(3)32-18-39-28;1-17(2)25(32-14-21-6-4-5-7-22(21)29(32)37)30(38)33-15-24(35)27(36)26(33)23(34)13-10-19-8-11-20(12-9-19)28-18(3)31-16-39-28;1-17(2)25(32-14-20-5-3-4-6-23(20)27(32)35)28(36)31-15-22(33)11-24(31)26(34)29-12-18-7-9-19(10-8-18)21-13-30-37-16-21/h5-10,12-13,18-19,25,27,38H,11,14-17H2,1-4H3;4-9,11-12,16-17,24-27,35-36H,10,13-15H2,1-3H3;3-10,13,16-17,22,24-25,33H,11-12,14-15H2,1-2H3,(H,29,34)/t25-,27-,31+;24-,25-,26+,27-;22-,24+,25+/m001/s1. The van der Waals surface area contributed by atoms with Crippen LogP contribution in [0.1, 0.15) is 150 Å². The average molecular weight is 1600 g/mol. The van der Waals surface area contributed by atoms with Gasteiger partial charge in [0.1, 0.15) is 42.6 Å². The lowest BCUT2D eigenvalue weighted by molar-refractivity contribution is -0.144. The maximum Gasteiger partial charge on any atom is 0.255 e. The van der Waals surface area contributed by atoms with E-state index in [9.17, 15) is 63.6 Å². The van der Waals surface area contributed by atoms with E-state index in [1.807, 2.05) is 176 Å². The Morgan fingerprint density at radius 3 is 1.38 bits per heavy atom. The van der Waals surface area contributed by atoms with Crippen LogP contribution >= 0.6 is 22.7 Å². The molecule has 6 aliphatic rings. The van der Waals surface area contributed by atoms with Crippen molar-refractivity contribution in [2.45, 2.75) is 187 Å². The van der Waals surface area contributed by atoms with Gasteiger partial charge in [0.25, 0.3) is 17.7 Å². The van der Waals surface area contributed by atoms with E-state index in [0.29, 0.717) is 49.2 Å². The summed E-state index contributed by atoms with van der Waals surface area (Å²) < 4.78 is 4.88. The van der Waals surface area contributed by atoms with Gasteiger partial charge in [-0.25, -0.2) is 9.97 Å². The van der Waals surface area contributed by atoms with Crippen molar-refractivity contribution < 1.29 is 68.1 Å². The van der Waals surface area contributed by atoms with Crippen LogP contribution in [0, 0.1) is 31.6 Å². The Hall–Kier alpha value is -10.7. The van der Waals surface area contributed by atoms with Gasteiger partial charge in [-0.2, -0.15) is 0 Å². The van der Waals surface area contributed by atoms with Gasteiger partial charge in [-0.05, 0) is 120 Å². The van der Waals surface area contributed by atoms with Crippen molar-refractivity contribution in [1.29, 1.82) is 0 Å². The highest BCUT2D eigenvalue weighted by atomic mass is 32.1. The van der Waals surface area contributed by atoms with Gasteiger partial charge in [0.15, 0.2) is 11.6 Å². The van der Waals surface area contributed by atoms with Gasteiger partial charge in [-0.15, -0.1) is 22.7 Å². The van der Waals surface area contributed by atoms with Crippen molar-refractivity contribution in [3.63, 3.8) is 0 Å². The summed E-state index contributed by atoms with van der Waals surface area (Å²) in [6.45, 7) is 18.2. The normalized spacial score (nSPS) is 21.0. The predicted molar refractivity (Wildman–Crippen MR) is 434 cm³/mol. The number of nitrogens with one attached hydrogen (secondary N) is 1. The summed E-state index contributed by atoms with van der Waals surface area (Å²) in [5, 5.41) is 49.1. The van der Waals surface area contributed by atoms with Crippen molar-refractivity contribution in [1.82, 2.24) is 49.8 Å². The fraction of sp³-hybridized carbons (Fsp3) is 0.393. The van der Waals surface area contributed by atoms with E-state index in [0.717, 1.165) is 76.8 Å². The first-order valence-corrected chi connectivity index (χ1v) is 41.0. The molecule has 9 aromatic rings. The summed E-state index contributed by atoms with van der Waals surface area (Å²) in [6.07, 6.45) is 1.50. The minimum absolute atomic E-state index is 0.0581. The molecule has 0 spiro atoms. The molecule has 0 saturated carbocycles. The number of likely N-dealkylation sites (tertiary alicyclic amines) is 3. The molecule has 7 amide bonds. The van der Waals surface area contributed by atoms with E-state index in [2.05, 4.69) is 32.6 Å². The summed E-state index contributed by atoms with van der Waals surface area (Å²) >= 11 is 3.18. The molecule has 0 bridgehead atoms. The monoisotopic (exact) mass is 1590 g/mol. The fourth-order valence-electron chi connectivity index (χ4n) is 16.8. The largest absolute Gasteiger partial charge is 0.391 e. The van der Waals surface area contributed by atoms with E-state index in [-0.39, 0.29) is 117 Å². The van der Waals surface area contributed by atoms with Crippen LogP contribution in [0.4, 0.5) is 0 Å². The molecule has 9 heterocycles. The van der Waals surface area contributed by atoms with Gasteiger partial charge in [-0.3, -0.25) is 43.2 Å². The van der Waals surface area contributed by atoms with Crippen LogP contribution in [0.25, 0.3) is 32.0 Å². The molecule has 3 saturated heterocycles. The molecule has 600 valence electrons. The van der Waals surface area contributed by atoms with Gasteiger partial charge < -0.3 is 59.7 Å². The van der Waals surface area contributed by atoms with Crippen LogP contribution in [-0.4, -0.2) is 198 Å². The fourth-order valence-corrected chi connectivity index (χ4v) is 18.4. The number of carbonyl (C=O) groups excluding carboxylic acids is 9. The number of aliphatic hydroxyl groups is 4. The lowest BCUT2D eigenvalue weighted by Crippen LogP contribution is -2.55. The quantitative estimate of drug-likeness (QED) is 0.0397. The second-order valence-electron chi connectivity index (χ2n) is 32.1. The van der Waals surface area contributed by atoms with Crippen molar-refractivity contribution in [2.24, 2.45) is 17.8 Å². The third-order valence-electron chi connectivity index (χ3n) is 22.7. The highest BCUT2D eigenvalue weighted by Crippen LogP contribution is 2.38. The lowest BCUT2D eigenvalue weighted by atomic mass is 9.96. The molecule has 3 fully saturated rings. The number of nitrogens with zero attached hydrogens (tertiary/aromatic N) is 9. The van der Waals surface area contributed by atoms with E-state index >= 15 is 0 Å². The molecular weight excluding hydrogens is 1500 g/mol. The zero-order chi connectivity index (χ0) is 81.8. The summed E-state index contributed by atoms with van der Waals surface area (Å²) in [5.74, 6) is -2.85. The summed E-state index contributed by atoms with van der Waals surface area (Å²) in [5.41, 5.74) is 15.8. The van der Waals surface area contributed by atoms with Crippen molar-refractivity contribution in [3.8, 4) is 32.0 Å². The molecule has 115 heavy (non-hydrogen) atoms. The minimum atomic E-state index is -1.38. The van der Waals surface area contributed by atoms with E-state index < -0.39 is 66.1 Å². The molecule has 10 atom stereocenters. The zero-order valence-electron chi connectivity index (χ0n) is 66.0. The Bertz CT molecular complexity index is 4970. The highest BCUT2D eigenvalue weighted by molar-refractivity contribution is 7.13. The van der Waals surface area contributed by atoms with Gasteiger partial charge in [0.05, 0.1) is 75.3 Å². The Balaban J connectivity index is 0.000000150. The molecule has 24 nitrogen and oxygen atoms in total. The lowest BCUT2D eigenvalue weighted by Gasteiger charge is -2.35. The first-order chi connectivity index (χ1) is 55.1. The number of aromatic nitrogens is 3. The Labute approximate surface area is 676 Å². The van der Waals surface area contributed by atoms with Gasteiger partial charge in [-0.1, -0.05) is 174 Å². The smallest absolute Gasteiger partial charge is 0.255 e. The second-order valence-corrected chi connectivity index (χ2v) is 33.8. The van der Waals surface area contributed by atoms with E-state index in [4.69, 9.17) is 4.52 Å². The second kappa shape index (κ2) is 35.2. The molecule has 26 heteroatoms. The van der Waals surface area contributed by atoms with Crippen molar-refractivity contribution in [2.75, 3.05) is 19.6 Å². The van der Waals surface area contributed by atoms with E-state index in [1.165, 1.54) is 14.7 Å². The number of carbonyl (C=O) groups is 9. The van der Waals surface area contributed by atoms with Gasteiger partial charge >= 0.3 is 0 Å². The first-order valence-electron chi connectivity index (χ1n) is 39.2. The number of fused-ring (bicyclic) bond motifs is 3. The third kappa shape index (κ3) is 17.7. The number of rotatable bonds is 23. The molecule has 5 N–H and O–H groups in total. The molecular formula is C89H98N10O14S2. The molecule has 6 aromatic carbocycles. The number of β-amino-alcohol motifs (C(OH)–C–C–N with tert-alkyl or cyclic N) is 3. The Morgan fingerprint density at radius 2 is 0.957 bits per heavy atom. The molecule has 15 rings (SSSR count). The van der Waals surface area contributed by atoms with Crippen molar-refractivity contribution in [3.05, 3.63) is 231 Å². The summed E-state index contributed by atoms with van der Waals surface area (Å²) in [4.78, 5) is 141. The van der Waals surface area contributed by atoms with Crippen LogP contribution in [0.5, 0.6) is 0 Å².